The third-order valence-corrected chi connectivity index (χ3v) is 7.85. The van der Waals surface area contributed by atoms with Gasteiger partial charge in [-0.15, -0.1) is 0 Å². The molecule has 0 atom stereocenters. The van der Waals surface area contributed by atoms with Gasteiger partial charge in [-0.3, -0.25) is 0 Å². The van der Waals surface area contributed by atoms with Crippen molar-refractivity contribution < 1.29 is 4.39 Å². The standard InChI is InChI=1S/C37H23FN2/c38-27-22-35(24-15-17-37-26(20-24)18-19-40(37)28-8-2-1-3-9-28)39-36(23-27)25-14-16-33-31-12-5-4-10-29(31)30-11-6-7-13-32(30)34(33)21-25/h1-23H. The number of halogens is 1. The number of para-hydroxylation sites is 1. The summed E-state index contributed by atoms with van der Waals surface area (Å²) in [5.74, 6) is -0.301. The van der Waals surface area contributed by atoms with Crippen molar-refractivity contribution in [1.29, 1.82) is 0 Å². The molecule has 2 aromatic heterocycles. The molecule has 0 unspecified atom stereocenters. The second-order valence-corrected chi connectivity index (χ2v) is 10.2. The lowest BCUT2D eigenvalue weighted by molar-refractivity contribution is 0.627. The maximum absolute atomic E-state index is 15.1. The monoisotopic (exact) mass is 514 g/mol. The summed E-state index contributed by atoms with van der Waals surface area (Å²) in [6.07, 6.45) is 2.07. The fraction of sp³-hybridized carbons (Fsp3) is 0. The van der Waals surface area contributed by atoms with Gasteiger partial charge >= 0.3 is 0 Å². The minimum Gasteiger partial charge on any atom is -0.317 e. The molecule has 2 nitrogen and oxygen atoms in total. The van der Waals surface area contributed by atoms with Gasteiger partial charge in [-0.1, -0.05) is 84.9 Å². The van der Waals surface area contributed by atoms with E-state index in [-0.39, 0.29) is 5.82 Å². The number of hydrogen-bond acceptors (Lipinski definition) is 1. The molecule has 0 amide bonds. The van der Waals surface area contributed by atoms with Crippen LogP contribution in [0.4, 0.5) is 4.39 Å². The van der Waals surface area contributed by atoms with E-state index in [1.54, 1.807) is 0 Å². The highest BCUT2D eigenvalue weighted by molar-refractivity contribution is 6.25. The van der Waals surface area contributed by atoms with E-state index in [2.05, 4.69) is 108 Å². The summed E-state index contributed by atoms with van der Waals surface area (Å²) in [7, 11) is 0. The van der Waals surface area contributed by atoms with Crippen molar-refractivity contribution in [3.63, 3.8) is 0 Å². The number of nitrogens with zero attached hydrogens (tertiary/aromatic N) is 2. The number of rotatable bonds is 3. The highest BCUT2D eigenvalue weighted by Crippen LogP contribution is 2.37. The number of pyridine rings is 1. The molecule has 0 aliphatic heterocycles. The van der Waals surface area contributed by atoms with Crippen molar-refractivity contribution in [3.05, 3.63) is 145 Å². The van der Waals surface area contributed by atoms with E-state index >= 15 is 4.39 Å². The first-order valence-electron chi connectivity index (χ1n) is 13.4. The third kappa shape index (κ3) is 3.59. The summed E-state index contributed by atoms with van der Waals surface area (Å²) >= 11 is 0. The van der Waals surface area contributed by atoms with Crippen LogP contribution in [0, 0.1) is 5.82 Å². The van der Waals surface area contributed by atoms with E-state index < -0.39 is 0 Å². The average molecular weight is 515 g/mol. The third-order valence-electron chi connectivity index (χ3n) is 7.85. The Morgan fingerprint density at radius 2 is 1.02 bits per heavy atom. The smallest absolute Gasteiger partial charge is 0.127 e. The summed E-state index contributed by atoms with van der Waals surface area (Å²) in [5, 5.41) is 8.26. The predicted molar refractivity (Wildman–Crippen MR) is 164 cm³/mol. The molecule has 188 valence electrons. The topological polar surface area (TPSA) is 17.8 Å². The Kier molecular flexibility index (Phi) is 5.04. The lowest BCUT2D eigenvalue weighted by Gasteiger charge is -2.12. The first-order valence-corrected chi connectivity index (χ1v) is 13.4. The van der Waals surface area contributed by atoms with E-state index in [0.29, 0.717) is 11.4 Å². The second-order valence-electron chi connectivity index (χ2n) is 10.2. The van der Waals surface area contributed by atoms with Crippen LogP contribution >= 0.6 is 0 Å². The Morgan fingerprint density at radius 3 is 1.70 bits per heavy atom. The molecule has 0 bridgehead atoms. The summed E-state index contributed by atoms with van der Waals surface area (Å²) in [5.41, 5.74) is 5.22. The first-order chi connectivity index (χ1) is 19.7. The predicted octanol–water partition coefficient (Wildman–Crippen LogP) is 9.96. The maximum Gasteiger partial charge on any atom is 0.127 e. The summed E-state index contributed by atoms with van der Waals surface area (Å²) < 4.78 is 17.2. The largest absolute Gasteiger partial charge is 0.317 e. The quantitative estimate of drug-likeness (QED) is 0.215. The van der Waals surface area contributed by atoms with Gasteiger partial charge in [-0.05, 0) is 68.7 Å². The number of fused-ring (bicyclic) bond motifs is 7. The Hall–Kier alpha value is -5.28. The van der Waals surface area contributed by atoms with E-state index in [0.717, 1.165) is 33.1 Å². The van der Waals surface area contributed by atoms with E-state index in [1.165, 1.54) is 39.1 Å². The molecule has 0 spiro atoms. The minimum atomic E-state index is -0.301. The van der Waals surface area contributed by atoms with Crippen LogP contribution in [-0.2, 0) is 0 Å². The van der Waals surface area contributed by atoms with Gasteiger partial charge < -0.3 is 4.57 Å². The first kappa shape index (κ1) is 22.7. The van der Waals surface area contributed by atoms with Crippen LogP contribution in [0.25, 0.3) is 71.4 Å². The molecule has 2 heterocycles. The average Bonchev–Trinajstić information content (AvgIpc) is 3.44. The fourth-order valence-corrected chi connectivity index (χ4v) is 5.98. The molecule has 8 aromatic rings. The van der Waals surface area contributed by atoms with Gasteiger partial charge in [0.1, 0.15) is 5.82 Å². The zero-order valence-corrected chi connectivity index (χ0v) is 21.6. The van der Waals surface area contributed by atoms with E-state index in [9.17, 15) is 0 Å². The minimum absolute atomic E-state index is 0.301. The fourth-order valence-electron chi connectivity index (χ4n) is 5.98. The lowest BCUT2D eigenvalue weighted by atomic mass is 9.93. The van der Waals surface area contributed by atoms with Crippen LogP contribution < -0.4 is 0 Å². The SMILES string of the molecule is Fc1cc(-c2ccc3c(ccn3-c3ccccc3)c2)nc(-c2ccc3c4ccccc4c4ccccc4c3c2)c1. The summed E-state index contributed by atoms with van der Waals surface area (Å²) in [6, 6.07) is 44.9. The molecule has 6 aromatic carbocycles. The van der Waals surface area contributed by atoms with Gasteiger partial charge in [-0.25, -0.2) is 9.37 Å². The number of aromatic nitrogens is 2. The van der Waals surface area contributed by atoms with Crippen molar-refractivity contribution in [3.8, 4) is 28.2 Å². The van der Waals surface area contributed by atoms with Gasteiger partial charge in [0, 0.05) is 40.5 Å². The van der Waals surface area contributed by atoms with Gasteiger partial charge in [0.2, 0.25) is 0 Å². The maximum atomic E-state index is 15.1. The highest BCUT2D eigenvalue weighted by Gasteiger charge is 2.13. The van der Waals surface area contributed by atoms with Gasteiger partial charge in [0.05, 0.1) is 16.9 Å². The summed E-state index contributed by atoms with van der Waals surface area (Å²) in [4.78, 5) is 4.95. The zero-order valence-electron chi connectivity index (χ0n) is 21.6. The Morgan fingerprint density at radius 1 is 0.475 bits per heavy atom. The molecule has 0 fully saturated rings. The van der Waals surface area contributed by atoms with Gasteiger partial charge in [0.25, 0.3) is 0 Å². The molecule has 0 aliphatic carbocycles. The van der Waals surface area contributed by atoms with Gasteiger partial charge in [0.15, 0.2) is 0 Å². The molecule has 0 N–H and O–H groups in total. The Balaban J connectivity index is 1.27. The van der Waals surface area contributed by atoms with Crippen LogP contribution in [0.3, 0.4) is 0 Å². The molecule has 8 rings (SSSR count). The van der Waals surface area contributed by atoms with Crippen molar-refractivity contribution in [2.75, 3.05) is 0 Å². The molecule has 0 radical (unpaired) electrons. The number of benzene rings is 6. The Labute approximate surface area is 230 Å². The highest BCUT2D eigenvalue weighted by atomic mass is 19.1. The van der Waals surface area contributed by atoms with Crippen LogP contribution in [0.5, 0.6) is 0 Å². The van der Waals surface area contributed by atoms with Crippen molar-refractivity contribution in [2.45, 2.75) is 0 Å². The van der Waals surface area contributed by atoms with E-state index in [1.807, 2.05) is 24.3 Å². The van der Waals surface area contributed by atoms with Crippen molar-refractivity contribution >= 4 is 43.2 Å². The van der Waals surface area contributed by atoms with Gasteiger partial charge in [-0.2, -0.15) is 0 Å². The molecule has 3 heteroatoms. The van der Waals surface area contributed by atoms with Crippen LogP contribution in [-0.4, -0.2) is 9.55 Å². The van der Waals surface area contributed by atoms with Crippen molar-refractivity contribution in [1.82, 2.24) is 9.55 Å². The zero-order chi connectivity index (χ0) is 26.6. The van der Waals surface area contributed by atoms with E-state index in [4.69, 9.17) is 4.98 Å². The molecule has 0 saturated heterocycles. The normalized spacial score (nSPS) is 11.6. The lowest BCUT2D eigenvalue weighted by Crippen LogP contribution is -1.93. The molecular weight excluding hydrogens is 491 g/mol. The van der Waals surface area contributed by atoms with Crippen molar-refractivity contribution in [2.24, 2.45) is 0 Å². The van der Waals surface area contributed by atoms with Crippen LogP contribution in [0.15, 0.2) is 140 Å². The number of hydrogen-bond donors (Lipinski definition) is 0. The molecule has 40 heavy (non-hydrogen) atoms. The van der Waals surface area contributed by atoms with Crippen LogP contribution in [0.2, 0.25) is 0 Å². The molecular formula is C37H23FN2. The van der Waals surface area contributed by atoms with Crippen LogP contribution in [0.1, 0.15) is 0 Å². The second kappa shape index (κ2) is 8.89. The summed E-state index contributed by atoms with van der Waals surface area (Å²) in [6.45, 7) is 0. The Bertz CT molecular complexity index is 2190. The molecule has 0 saturated carbocycles. The molecule has 0 aliphatic rings.